The Morgan fingerprint density at radius 3 is 2.31 bits per heavy atom. The molecule has 36 heavy (non-hydrogen) atoms. The van der Waals surface area contributed by atoms with Gasteiger partial charge in [0.05, 0.1) is 29.3 Å². The summed E-state index contributed by atoms with van der Waals surface area (Å²) in [6, 6.07) is 13.9. The van der Waals surface area contributed by atoms with Crippen molar-refractivity contribution < 1.29 is 13.2 Å². The first-order valence-corrected chi connectivity index (χ1v) is 13.6. The first-order valence-electron chi connectivity index (χ1n) is 11.7. The fraction of sp³-hybridized carbons (Fsp3) is 0.320. The van der Waals surface area contributed by atoms with Crippen LogP contribution in [0.15, 0.2) is 59.6 Å². The van der Waals surface area contributed by atoms with Gasteiger partial charge in [0.1, 0.15) is 17.4 Å². The van der Waals surface area contributed by atoms with Crippen LogP contribution < -0.4 is 14.8 Å². The fourth-order valence-electron chi connectivity index (χ4n) is 4.49. The van der Waals surface area contributed by atoms with Crippen molar-refractivity contribution in [3.05, 3.63) is 65.6 Å². The molecule has 1 saturated carbocycles. The molecule has 0 atom stereocenters. The first kappa shape index (κ1) is 24.5. The minimum Gasteiger partial charge on any atom is -0.497 e. The van der Waals surface area contributed by atoms with Crippen LogP contribution >= 0.6 is 11.6 Å². The van der Waals surface area contributed by atoms with Crippen LogP contribution in [0.4, 0.5) is 5.82 Å². The molecule has 4 aromatic rings. The van der Waals surface area contributed by atoms with E-state index in [1.807, 2.05) is 31.2 Å². The molecule has 2 heterocycles. The van der Waals surface area contributed by atoms with Crippen LogP contribution in [0.3, 0.4) is 0 Å². The molecule has 0 saturated heterocycles. The van der Waals surface area contributed by atoms with Gasteiger partial charge in [-0.3, -0.25) is 0 Å². The average Bonchev–Trinajstić information content (AvgIpc) is 3.29. The summed E-state index contributed by atoms with van der Waals surface area (Å²) in [4.78, 5) is 9.49. The average molecular weight is 527 g/mol. The number of nitrogens with zero attached hydrogens (tertiary/aromatic N) is 4. The largest absolute Gasteiger partial charge is 0.497 e. The summed E-state index contributed by atoms with van der Waals surface area (Å²) < 4.78 is 35.3. The highest BCUT2D eigenvalue weighted by atomic mass is 35.5. The SMILES string of the molecule is COc1ccc(-n2ncc3c(NC4CCC(NS(=O)(=O)c5ccc(Cl)cc5)CC4)nc(C)nc32)cc1. The zero-order chi connectivity index (χ0) is 25.3. The van der Waals surface area contributed by atoms with Crippen LogP contribution in [-0.4, -0.2) is 47.4 Å². The van der Waals surface area contributed by atoms with Crippen molar-refractivity contribution in [2.45, 2.75) is 49.6 Å². The number of aryl methyl sites for hydroxylation is 1. The Morgan fingerprint density at radius 2 is 1.64 bits per heavy atom. The van der Waals surface area contributed by atoms with Gasteiger partial charge < -0.3 is 10.1 Å². The second-order valence-corrected chi connectivity index (χ2v) is 11.0. The van der Waals surface area contributed by atoms with Crippen LogP contribution in [0.5, 0.6) is 5.75 Å². The lowest BCUT2D eigenvalue weighted by Gasteiger charge is -2.30. The quantitative estimate of drug-likeness (QED) is 0.365. The van der Waals surface area contributed by atoms with E-state index in [-0.39, 0.29) is 17.0 Å². The van der Waals surface area contributed by atoms with Gasteiger partial charge >= 0.3 is 0 Å². The molecule has 11 heteroatoms. The van der Waals surface area contributed by atoms with Crippen LogP contribution in [0.1, 0.15) is 31.5 Å². The molecule has 0 spiro atoms. The third-order valence-electron chi connectivity index (χ3n) is 6.37. The maximum absolute atomic E-state index is 12.7. The number of halogens is 1. The molecule has 2 aromatic heterocycles. The lowest BCUT2D eigenvalue weighted by atomic mass is 9.92. The maximum Gasteiger partial charge on any atom is 0.240 e. The molecule has 1 fully saturated rings. The van der Waals surface area contributed by atoms with Crippen LogP contribution in [0.25, 0.3) is 16.7 Å². The minimum absolute atomic E-state index is 0.117. The topological polar surface area (TPSA) is 111 Å². The number of rotatable bonds is 7. The normalized spacial score (nSPS) is 18.3. The standard InChI is InChI=1S/C25H27ClN6O3S/c1-16-28-24(23-15-27-32(25(23)29-16)20-9-11-21(35-2)12-10-20)30-18-5-7-19(8-6-18)31-36(33,34)22-13-3-17(26)4-14-22/h3-4,9-15,18-19,31H,5-8H2,1-2H3,(H,28,29,30). The summed E-state index contributed by atoms with van der Waals surface area (Å²) in [6.45, 7) is 1.86. The molecular formula is C25H27ClN6O3S. The zero-order valence-electron chi connectivity index (χ0n) is 20.0. The summed E-state index contributed by atoms with van der Waals surface area (Å²) in [5, 5.41) is 9.44. The van der Waals surface area contributed by atoms with Crippen molar-refractivity contribution in [3.63, 3.8) is 0 Å². The molecule has 0 unspecified atom stereocenters. The summed E-state index contributed by atoms with van der Waals surface area (Å²) in [6.07, 6.45) is 4.84. The van der Waals surface area contributed by atoms with Crippen molar-refractivity contribution in [2.24, 2.45) is 0 Å². The van der Waals surface area contributed by atoms with Gasteiger partial charge in [-0.1, -0.05) is 11.6 Å². The number of hydrogen-bond acceptors (Lipinski definition) is 7. The molecule has 0 bridgehead atoms. The van der Waals surface area contributed by atoms with Gasteiger partial charge in [-0.05, 0) is 81.1 Å². The molecule has 0 radical (unpaired) electrons. The Balaban J connectivity index is 1.27. The number of fused-ring (bicyclic) bond motifs is 1. The van der Waals surface area contributed by atoms with Crippen LogP contribution in [0.2, 0.25) is 5.02 Å². The van der Waals surface area contributed by atoms with Gasteiger partial charge in [-0.25, -0.2) is 27.8 Å². The Kier molecular flexibility index (Phi) is 6.83. The van der Waals surface area contributed by atoms with Crippen molar-refractivity contribution in [1.82, 2.24) is 24.5 Å². The lowest BCUT2D eigenvalue weighted by molar-refractivity contribution is 0.387. The van der Waals surface area contributed by atoms with E-state index in [0.29, 0.717) is 10.8 Å². The number of anilines is 1. The number of benzene rings is 2. The second-order valence-electron chi connectivity index (χ2n) is 8.88. The van der Waals surface area contributed by atoms with E-state index >= 15 is 0 Å². The predicted molar refractivity (Wildman–Crippen MR) is 139 cm³/mol. The number of methoxy groups -OCH3 is 1. The highest BCUT2D eigenvalue weighted by Gasteiger charge is 2.26. The van der Waals surface area contributed by atoms with Gasteiger partial charge in [0.25, 0.3) is 0 Å². The van der Waals surface area contributed by atoms with Crippen molar-refractivity contribution in [1.29, 1.82) is 0 Å². The number of ether oxygens (including phenoxy) is 1. The molecule has 1 aliphatic carbocycles. The summed E-state index contributed by atoms with van der Waals surface area (Å²) in [5.74, 6) is 2.15. The van der Waals surface area contributed by atoms with Gasteiger partial charge in [0.2, 0.25) is 10.0 Å². The summed E-state index contributed by atoms with van der Waals surface area (Å²) in [5.41, 5.74) is 1.60. The van der Waals surface area contributed by atoms with E-state index < -0.39 is 10.0 Å². The van der Waals surface area contributed by atoms with E-state index in [0.717, 1.165) is 54.0 Å². The third kappa shape index (κ3) is 5.16. The summed E-state index contributed by atoms with van der Waals surface area (Å²) >= 11 is 5.88. The van der Waals surface area contributed by atoms with E-state index in [1.165, 1.54) is 12.1 Å². The van der Waals surface area contributed by atoms with Crippen molar-refractivity contribution in [2.75, 3.05) is 12.4 Å². The zero-order valence-corrected chi connectivity index (χ0v) is 21.6. The van der Waals surface area contributed by atoms with Crippen molar-refractivity contribution in [3.8, 4) is 11.4 Å². The third-order valence-corrected chi connectivity index (χ3v) is 8.16. The molecule has 9 nitrogen and oxygen atoms in total. The predicted octanol–water partition coefficient (Wildman–Crippen LogP) is 4.49. The van der Waals surface area contributed by atoms with Crippen LogP contribution in [-0.2, 0) is 10.0 Å². The number of aromatic nitrogens is 4. The Morgan fingerprint density at radius 1 is 0.972 bits per heavy atom. The number of nitrogens with one attached hydrogen (secondary N) is 2. The van der Waals surface area contributed by atoms with Gasteiger partial charge in [0, 0.05) is 17.1 Å². The van der Waals surface area contributed by atoms with Crippen molar-refractivity contribution >= 4 is 38.5 Å². The van der Waals surface area contributed by atoms with E-state index in [4.69, 9.17) is 16.3 Å². The monoisotopic (exact) mass is 526 g/mol. The Bertz CT molecular complexity index is 1460. The minimum atomic E-state index is -3.58. The van der Waals surface area contributed by atoms with E-state index in [9.17, 15) is 8.42 Å². The smallest absolute Gasteiger partial charge is 0.240 e. The lowest BCUT2D eigenvalue weighted by Crippen LogP contribution is -2.40. The van der Waals surface area contributed by atoms with Crippen LogP contribution in [0, 0.1) is 6.92 Å². The Hall–Kier alpha value is -3.21. The number of sulfonamides is 1. The highest BCUT2D eigenvalue weighted by molar-refractivity contribution is 7.89. The molecule has 188 valence electrons. The maximum atomic E-state index is 12.7. The first-order chi connectivity index (χ1) is 17.3. The van der Waals surface area contributed by atoms with E-state index in [1.54, 1.807) is 30.1 Å². The Labute approximate surface area is 214 Å². The summed E-state index contributed by atoms with van der Waals surface area (Å²) in [7, 11) is -1.95. The molecule has 2 N–H and O–H groups in total. The second kappa shape index (κ2) is 10.0. The highest BCUT2D eigenvalue weighted by Crippen LogP contribution is 2.28. The van der Waals surface area contributed by atoms with Gasteiger partial charge in [-0.15, -0.1) is 0 Å². The van der Waals surface area contributed by atoms with Gasteiger partial charge in [0.15, 0.2) is 5.65 Å². The van der Waals surface area contributed by atoms with E-state index in [2.05, 4.69) is 25.1 Å². The molecule has 0 aliphatic heterocycles. The molecule has 1 aliphatic rings. The molecule has 5 rings (SSSR count). The molecular weight excluding hydrogens is 500 g/mol. The molecule has 2 aromatic carbocycles. The molecule has 0 amide bonds. The van der Waals surface area contributed by atoms with Gasteiger partial charge in [-0.2, -0.15) is 5.10 Å². The fourth-order valence-corrected chi connectivity index (χ4v) is 5.92. The number of hydrogen-bond donors (Lipinski definition) is 2.